The first-order chi connectivity index (χ1) is 15.3. The van der Waals surface area contributed by atoms with Crippen molar-refractivity contribution in [2.45, 2.75) is 50.7 Å². The third kappa shape index (κ3) is 4.53. The maximum Gasteiger partial charge on any atom is 0.265 e. The molecule has 0 bridgehead atoms. The minimum Gasteiger partial charge on any atom is -0.478 e. The number of rotatable bonds is 6. The summed E-state index contributed by atoms with van der Waals surface area (Å²) in [5.74, 6) is -0.404. The molecule has 0 saturated carbocycles. The van der Waals surface area contributed by atoms with Crippen LogP contribution in [0.1, 0.15) is 36.6 Å². The first-order valence-corrected chi connectivity index (χ1v) is 13.0. The molecule has 0 aliphatic carbocycles. The SMILES string of the molecule is CC[C@@H]1Oc2cc(S(=O)(=O)N3CCC[C@@H](C(=O)NCc4cccs4)C3)c(C)cc2NC1=O. The van der Waals surface area contributed by atoms with E-state index in [2.05, 4.69) is 10.6 Å². The van der Waals surface area contributed by atoms with Gasteiger partial charge in [-0.3, -0.25) is 9.59 Å². The molecule has 8 nitrogen and oxygen atoms in total. The quantitative estimate of drug-likeness (QED) is 0.666. The lowest BCUT2D eigenvalue weighted by atomic mass is 9.99. The number of piperidine rings is 1. The maximum absolute atomic E-state index is 13.5. The second-order valence-electron chi connectivity index (χ2n) is 8.12. The van der Waals surface area contributed by atoms with Crippen molar-refractivity contribution in [3.05, 3.63) is 40.1 Å². The summed E-state index contributed by atoms with van der Waals surface area (Å²) < 4.78 is 34.1. The summed E-state index contributed by atoms with van der Waals surface area (Å²) in [6, 6.07) is 7.00. The average Bonchev–Trinajstić information content (AvgIpc) is 3.30. The fourth-order valence-corrected chi connectivity index (χ4v) is 6.47. The van der Waals surface area contributed by atoms with Gasteiger partial charge in [-0.2, -0.15) is 4.31 Å². The molecule has 172 valence electrons. The number of sulfonamides is 1. The normalized spacial score (nSPS) is 21.4. The van der Waals surface area contributed by atoms with Crippen LogP contribution >= 0.6 is 11.3 Å². The number of hydrogen-bond donors (Lipinski definition) is 2. The van der Waals surface area contributed by atoms with E-state index >= 15 is 0 Å². The fraction of sp³-hybridized carbons (Fsp3) is 0.455. The first kappa shape index (κ1) is 22.8. The van der Waals surface area contributed by atoms with Gasteiger partial charge in [0.25, 0.3) is 5.91 Å². The second kappa shape index (κ2) is 9.21. The lowest BCUT2D eigenvalue weighted by Crippen LogP contribution is -2.45. The Labute approximate surface area is 192 Å². The fourth-order valence-electron chi connectivity index (χ4n) is 4.08. The van der Waals surface area contributed by atoms with Gasteiger partial charge in [0, 0.05) is 24.0 Å². The van der Waals surface area contributed by atoms with E-state index in [1.807, 2.05) is 24.4 Å². The predicted molar refractivity (Wildman–Crippen MR) is 122 cm³/mol. The van der Waals surface area contributed by atoms with Gasteiger partial charge in [0.2, 0.25) is 15.9 Å². The zero-order valence-electron chi connectivity index (χ0n) is 18.1. The monoisotopic (exact) mass is 477 g/mol. The van der Waals surface area contributed by atoms with Gasteiger partial charge in [-0.05, 0) is 49.3 Å². The van der Waals surface area contributed by atoms with Crippen molar-refractivity contribution in [1.29, 1.82) is 0 Å². The molecule has 2 aliphatic rings. The number of ether oxygens (including phenoxy) is 1. The number of carbonyl (C=O) groups is 2. The molecule has 32 heavy (non-hydrogen) atoms. The average molecular weight is 478 g/mol. The van der Waals surface area contributed by atoms with Crippen molar-refractivity contribution in [1.82, 2.24) is 9.62 Å². The van der Waals surface area contributed by atoms with Gasteiger partial charge in [-0.25, -0.2) is 8.42 Å². The third-order valence-corrected chi connectivity index (χ3v) is 8.74. The summed E-state index contributed by atoms with van der Waals surface area (Å²) in [6.45, 7) is 4.48. The van der Waals surface area contributed by atoms with Crippen LogP contribution in [0, 0.1) is 12.8 Å². The molecule has 2 N–H and O–H groups in total. The highest BCUT2D eigenvalue weighted by Gasteiger charge is 2.35. The van der Waals surface area contributed by atoms with E-state index in [0.29, 0.717) is 49.4 Å². The zero-order valence-corrected chi connectivity index (χ0v) is 19.7. The highest BCUT2D eigenvalue weighted by atomic mass is 32.2. The van der Waals surface area contributed by atoms with Crippen LogP contribution in [0.4, 0.5) is 5.69 Å². The van der Waals surface area contributed by atoms with Crippen molar-refractivity contribution in [2.75, 3.05) is 18.4 Å². The summed E-state index contributed by atoms with van der Waals surface area (Å²) in [7, 11) is -3.83. The lowest BCUT2D eigenvalue weighted by Gasteiger charge is -2.32. The van der Waals surface area contributed by atoms with E-state index in [-0.39, 0.29) is 23.3 Å². The number of carbonyl (C=O) groups excluding carboxylic acids is 2. The van der Waals surface area contributed by atoms with Gasteiger partial charge in [-0.1, -0.05) is 13.0 Å². The van der Waals surface area contributed by atoms with Gasteiger partial charge in [0.05, 0.1) is 23.0 Å². The Balaban J connectivity index is 1.51. The molecule has 3 heterocycles. The Bertz CT molecular complexity index is 1110. The third-order valence-electron chi connectivity index (χ3n) is 5.86. The molecular weight excluding hydrogens is 450 g/mol. The molecule has 2 aromatic rings. The highest BCUT2D eigenvalue weighted by molar-refractivity contribution is 7.89. The summed E-state index contributed by atoms with van der Waals surface area (Å²) in [4.78, 5) is 25.9. The van der Waals surface area contributed by atoms with Crippen LogP contribution in [0.25, 0.3) is 0 Å². The van der Waals surface area contributed by atoms with Crippen molar-refractivity contribution >= 4 is 38.9 Å². The molecule has 10 heteroatoms. The van der Waals surface area contributed by atoms with E-state index in [0.717, 1.165) is 4.88 Å². The van der Waals surface area contributed by atoms with Crippen LogP contribution in [0.3, 0.4) is 0 Å². The van der Waals surface area contributed by atoms with E-state index in [1.54, 1.807) is 24.3 Å². The van der Waals surface area contributed by atoms with Crippen LogP contribution in [-0.4, -0.2) is 43.7 Å². The topological polar surface area (TPSA) is 105 Å². The summed E-state index contributed by atoms with van der Waals surface area (Å²) in [5.41, 5.74) is 0.993. The summed E-state index contributed by atoms with van der Waals surface area (Å²) in [6.07, 6.45) is 1.10. The zero-order chi connectivity index (χ0) is 22.9. The van der Waals surface area contributed by atoms with Crippen LogP contribution < -0.4 is 15.4 Å². The molecule has 2 amide bonds. The molecule has 1 aromatic carbocycles. The molecule has 0 radical (unpaired) electrons. The Kier molecular flexibility index (Phi) is 6.55. The van der Waals surface area contributed by atoms with Crippen molar-refractivity contribution < 1.29 is 22.7 Å². The van der Waals surface area contributed by atoms with Crippen molar-refractivity contribution in [3.63, 3.8) is 0 Å². The summed E-state index contributed by atoms with van der Waals surface area (Å²) in [5, 5.41) is 7.66. The molecule has 1 aromatic heterocycles. The van der Waals surface area contributed by atoms with Gasteiger partial charge in [-0.15, -0.1) is 11.3 Å². The Morgan fingerprint density at radius 1 is 1.38 bits per heavy atom. The van der Waals surface area contributed by atoms with Crippen LogP contribution in [0.2, 0.25) is 0 Å². The number of nitrogens with zero attached hydrogens (tertiary/aromatic N) is 1. The number of nitrogens with one attached hydrogen (secondary N) is 2. The van der Waals surface area contributed by atoms with E-state index in [9.17, 15) is 18.0 Å². The number of hydrogen-bond acceptors (Lipinski definition) is 6. The summed E-state index contributed by atoms with van der Waals surface area (Å²) >= 11 is 1.57. The molecule has 4 rings (SSSR count). The van der Waals surface area contributed by atoms with Crippen LogP contribution in [0.15, 0.2) is 34.5 Å². The minimum atomic E-state index is -3.83. The molecule has 1 fully saturated rings. The number of benzene rings is 1. The van der Waals surface area contributed by atoms with Gasteiger partial charge >= 0.3 is 0 Å². The van der Waals surface area contributed by atoms with Crippen LogP contribution in [-0.2, 0) is 26.2 Å². The van der Waals surface area contributed by atoms with E-state index < -0.39 is 22.0 Å². The molecule has 1 saturated heterocycles. The van der Waals surface area contributed by atoms with Crippen LogP contribution in [0.5, 0.6) is 5.75 Å². The van der Waals surface area contributed by atoms with Gasteiger partial charge in [0.15, 0.2) is 6.10 Å². The number of fused-ring (bicyclic) bond motifs is 1. The molecule has 0 unspecified atom stereocenters. The highest BCUT2D eigenvalue weighted by Crippen LogP contribution is 2.36. The number of thiophene rings is 1. The van der Waals surface area contributed by atoms with E-state index in [1.165, 1.54) is 10.4 Å². The smallest absolute Gasteiger partial charge is 0.265 e. The molecular formula is C22H27N3O5S2. The number of anilines is 1. The molecule has 2 atom stereocenters. The van der Waals surface area contributed by atoms with Gasteiger partial charge < -0.3 is 15.4 Å². The second-order valence-corrected chi connectivity index (χ2v) is 11.1. The Morgan fingerprint density at radius 2 is 2.19 bits per heavy atom. The van der Waals surface area contributed by atoms with E-state index in [4.69, 9.17) is 4.74 Å². The van der Waals surface area contributed by atoms with Crippen molar-refractivity contribution in [2.24, 2.45) is 5.92 Å². The maximum atomic E-state index is 13.5. The first-order valence-electron chi connectivity index (χ1n) is 10.7. The standard InChI is InChI=1S/C22H27N3O5S2/c1-3-18-22(27)24-17-10-14(2)20(11-19(17)30-18)32(28,29)25-8-4-6-15(13-25)21(26)23-12-16-7-5-9-31-16/h5,7,9-11,15,18H,3-4,6,8,12-13H2,1-2H3,(H,23,26)(H,24,27)/t15-,18+/m1/s1. The Morgan fingerprint density at radius 3 is 2.91 bits per heavy atom. The minimum absolute atomic E-state index is 0.128. The molecule has 2 aliphatic heterocycles. The van der Waals surface area contributed by atoms with Gasteiger partial charge in [0.1, 0.15) is 5.75 Å². The van der Waals surface area contributed by atoms with Crippen molar-refractivity contribution in [3.8, 4) is 5.75 Å². The lowest BCUT2D eigenvalue weighted by molar-refractivity contribution is -0.126. The predicted octanol–water partition coefficient (Wildman–Crippen LogP) is 2.88. The Hall–Kier alpha value is -2.43. The number of aryl methyl sites for hydroxylation is 1. The molecule has 0 spiro atoms. The largest absolute Gasteiger partial charge is 0.478 e. The number of amides is 2.